The number of anilines is 2. The Balaban J connectivity index is 2.16. The van der Waals surface area contributed by atoms with Crippen LogP contribution in [0.25, 0.3) is 22.7 Å². The lowest BCUT2D eigenvalue weighted by molar-refractivity contribution is 0.620. The Kier molecular flexibility index (Phi) is 2.19. The van der Waals surface area contributed by atoms with E-state index < -0.39 is 0 Å². The number of hydrogen-bond donors (Lipinski definition) is 2. The number of nitrogens with two attached hydrogens (primary N) is 2. The largest absolute Gasteiger partial charge is 0.434 e. The van der Waals surface area contributed by atoms with Crippen LogP contribution in [0.3, 0.4) is 0 Å². The quantitative estimate of drug-likeness (QED) is 0.637. The molecule has 90 valence electrons. The van der Waals surface area contributed by atoms with Gasteiger partial charge in [-0.2, -0.15) is 4.98 Å². The van der Waals surface area contributed by atoms with Crippen LogP contribution in [0.15, 0.2) is 34.9 Å². The van der Waals surface area contributed by atoms with Gasteiger partial charge in [-0.3, -0.25) is 0 Å². The Morgan fingerprint density at radius 3 is 2.78 bits per heavy atom. The number of rotatable bonds is 1. The SMILES string of the molecule is Cc1ccc(-c2nc3ncc(N)cc3o2)cc1N. The third kappa shape index (κ3) is 1.66. The van der Waals surface area contributed by atoms with Crippen LogP contribution in [0.4, 0.5) is 11.4 Å². The molecule has 5 heteroatoms. The summed E-state index contributed by atoms with van der Waals surface area (Å²) < 4.78 is 5.62. The Bertz CT molecular complexity index is 733. The molecule has 4 N–H and O–H groups in total. The van der Waals surface area contributed by atoms with E-state index in [2.05, 4.69) is 9.97 Å². The third-order valence-corrected chi connectivity index (χ3v) is 2.79. The molecule has 0 fully saturated rings. The first-order valence-corrected chi connectivity index (χ1v) is 5.52. The van der Waals surface area contributed by atoms with Gasteiger partial charge in [-0.15, -0.1) is 0 Å². The molecular weight excluding hydrogens is 228 g/mol. The predicted molar refractivity (Wildman–Crippen MR) is 70.8 cm³/mol. The number of nitrogens with zero attached hydrogens (tertiary/aromatic N) is 2. The van der Waals surface area contributed by atoms with Crippen LogP contribution < -0.4 is 11.5 Å². The molecule has 0 radical (unpaired) electrons. The summed E-state index contributed by atoms with van der Waals surface area (Å²) in [6.07, 6.45) is 1.55. The standard InChI is InChI=1S/C13H12N4O/c1-7-2-3-8(4-10(7)15)13-17-12-11(18-13)5-9(14)6-16-12/h2-6H,14-15H2,1H3. The van der Waals surface area contributed by atoms with E-state index in [9.17, 15) is 0 Å². The zero-order valence-electron chi connectivity index (χ0n) is 9.84. The van der Waals surface area contributed by atoms with Crippen molar-refractivity contribution in [1.29, 1.82) is 0 Å². The fourth-order valence-electron chi connectivity index (χ4n) is 1.73. The molecule has 0 saturated carbocycles. The number of oxazole rings is 1. The molecule has 3 rings (SSSR count). The first kappa shape index (κ1) is 10.6. The average Bonchev–Trinajstić information content (AvgIpc) is 2.75. The molecular formula is C13H12N4O. The van der Waals surface area contributed by atoms with Gasteiger partial charge in [-0.1, -0.05) is 6.07 Å². The Morgan fingerprint density at radius 2 is 2.00 bits per heavy atom. The minimum atomic E-state index is 0.495. The summed E-state index contributed by atoms with van der Waals surface area (Å²) in [5.74, 6) is 0.495. The zero-order chi connectivity index (χ0) is 12.7. The molecule has 2 aromatic heterocycles. The third-order valence-electron chi connectivity index (χ3n) is 2.79. The summed E-state index contributed by atoms with van der Waals surface area (Å²) in [5, 5.41) is 0. The molecule has 1 aromatic carbocycles. The smallest absolute Gasteiger partial charge is 0.228 e. The van der Waals surface area contributed by atoms with E-state index >= 15 is 0 Å². The average molecular weight is 240 g/mol. The lowest BCUT2D eigenvalue weighted by Crippen LogP contribution is -1.89. The first-order chi connectivity index (χ1) is 8.63. The molecule has 0 spiro atoms. The van der Waals surface area contributed by atoms with Crippen molar-refractivity contribution in [1.82, 2.24) is 9.97 Å². The number of benzene rings is 1. The molecule has 0 aliphatic carbocycles. The minimum absolute atomic E-state index is 0.495. The fraction of sp³-hybridized carbons (Fsp3) is 0.0769. The van der Waals surface area contributed by atoms with E-state index in [1.165, 1.54) is 0 Å². The van der Waals surface area contributed by atoms with Crippen LogP contribution in [0.1, 0.15) is 5.56 Å². The van der Waals surface area contributed by atoms with Crippen molar-refractivity contribution >= 4 is 22.6 Å². The van der Waals surface area contributed by atoms with E-state index in [4.69, 9.17) is 15.9 Å². The van der Waals surface area contributed by atoms with Gasteiger partial charge in [0.15, 0.2) is 11.2 Å². The van der Waals surface area contributed by atoms with Crippen molar-refractivity contribution in [3.8, 4) is 11.5 Å². The van der Waals surface area contributed by atoms with Gasteiger partial charge in [0.2, 0.25) is 5.89 Å². The van der Waals surface area contributed by atoms with E-state index in [1.54, 1.807) is 12.3 Å². The normalized spacial score (nSPS) is 10.9. The van der Waals surface area contributed by atoms with Crippen molar-refractivity contribution in [3.63, 3.8) is 0 Å². The van der Waals surface area contributed by atoms with Crippen molar-refractivity contribution in [2.45, 2.75) is 6.92 Å². The van der Waals surface area contributed by atoms with Gasteiger partial charge in [0.1, 0.15) is 0 Å². The maximum atomic E-state index is 5.87. The number of fused-ring (bicyclic) bond motifs is 1. The Hall–Kier alpha value is -2.56. The van der Waals surface area contributed by atoms with Gasteiger partial charge in [0, 0.05) is 17.3 Å². The van der Waals surface area contributed by atoms with Crippen LogP contribution in [0.2, 0.25) is 0 Å². The van der Waals surface area contributed by atoms with Crippen LogP contribution in [-0.4, -0.2) is 9.97 Å². The second-order valence-electron chi connectivity index (χ2n) is 4.18. The van der Waals surface area contributed by atoms with Gasteiger partial charge in [-0.25, -0.2) is 4.98 Å². The zero-order valence-corrected chi connectivity index (χ0v) is 9.84. The van der Waals surface area contributed by atoms with Gasteiger partial charge in [-0.05, 0) is 24.6 Å². The molecule has 0 unspecified atom stereocenters. The summed E-state index contributed by atoms with van der Waals surface area (Å²) in [4.78, 5) is 8.41. The predicted octanol–water partition coefficient (Wildman–Crippen LogP) is 2.36. The molecule has 0 atom stereocenters. The van der Waals surface area contributed by atoms with E-state index in [-0.39, 0.29) is 0 Å². The maximum Gasteiger partial charge on any atom is 0.228 e. The van der Waals surface area contributed by atoms with Crippen LogP contribution in [-0.2, 0) is 0 Å². The molecule has 0 amide bonds. The van der Waals surface area contributed by atoms with Crippen molar-refractivity contribution < 1.29 is 4.42 Å². The molecule has 0 bridgehead atoms. The minimum Gasteiger partial charge on any atom is -0.434 e. The molecule has 5 nitrogen and oxygen atoms in total. The van der Waals surface area contributed by atoms with Gasteiger partial charge < -0.3 is 15.9 Å². The highest BCUT2D eigenvalue weighted by molar-refractivity contribution is 5.75. The summed E-state index contributed by atoms with van der Waals surface area (Å²) in [7, 11) is 0. The Morgan fingerprint density at radius 1 is 1.17 bits per heavy atom. The summed E-state index contributed by atoms with van der Waals surface area (Å²) in [6.45, 7) is 1.95. The molecule has 0 saturated heterocycles. The number of aromatic nitrogens is 2. The molecule has 0 aliphatic rings. The van der Waals surface area contributed by atoms with E-state index in [1.807, 2.05) is 25.1 Å². The van der Waals surface area contributed by atoms with Gasteiger partial charge in [0.25, 0.3) is 0 Å². The summed E-state index contributed by atoms with van der Waals surface area (Å²) in [5.41, 5.74) is 15.7. The lowest BCUT2D eigenvalue weighted by atomic mass is 10.1. The maximum absolute atomic E-state index is 5.87. The summed E-state index contributed by atoms with van der Waals surface area (Å²) >= 11 is 0. The van der Waals surface area contributed by atoms with E-state index in [0.29, 0.717) is 28.5 Å². The molecule has 2 heterocycles. The number of nitrogen functional groups attached to an aromatic ring is 2. The van der Waals surface area contributed by atoms with Crippen molar-refractivity contribution in [2.24, 2.45) is 0 Å². The van der Waals surface area contributed by atoms with Gasteiger partial charge in [0.05, 0.1) is 11.9 Å². The first-order valence-electron chi connectivity index (χ1n) is 5.52. The van der Waals surface area contributed by atoms with Crippen LogP contribution in [0, 0.1) is 6.92 Å². The van der Waals surface area contributed by atoms with Crippen molar-refractivity contribution in [3.05, 3.63) is 36.0 Å². The van der Waals surface area contributed by atoms with Crippen LogP contribution in [0.5, 0.6) is 0 Å². The Labute approximate surface area is 103 Å². The number of hydrogen-bond acceptors (Lipinski definition) is 5. The van der Waals surface area contributed by atoms with Gasteiger partial charge >= 0.3 is 0 Å². The lowest BCUT2D eigenvalue weighted by Gasteiger charge is -2.00. The highest BCUT2D eigenvalue weighted by atomic mass is 16.3. The van der Waals surface area contributed by atoms with Crippen LogP contribution >= 0.6 is 0 Å². The molecule has 18 heavy (non-hydrogen) atoms. The summed E-state index contributed by atoms with van der Waals surface area (Å²) in [6, 6.07) is 7.39. The highest BCUT2D eigenvalue weighted by Crippen LogP contribution is 2.26. The molecule has 3 aromatic rings. The fourth-order valence-corrected chi connectivity index (χ4v) is 1.73. The van der Waals surface area contributed by atoms with E-state index in [0.717, 1.165) is 11.1 Å². The highest BCUT2D eigenvalue weighted by Gasteiger charge is 2.10. The van der Waals surface area contributed by atoms with Crippen molar-refractivity contribution in [2.75, 3.05) is 11.5 Å². The second kappa shape index (κ2) is 3.73. The number of aryl methyl sites for hydroxylation is 1. The topological polar surface area (TPSA) is 91.0 Å². The second-order valence-corrected chi connectivity index (χ2v) is 4.18. The monoisotopic (exact) mass is 240 g/mol. The number of pyridine rings is 1. The molecule has 0 aliphatic heterocycles.